The molecule has 1 amide bonds. The van der Waals surface area contributed by atoms with Crippen LogP contribution in [0, 0.1) is 11.6 Å². The van der Waals surface area contributed by atoms with E-state index in [4.69, 9.17) is 9.47 Å². The fourth-order valence-corrected chi connectivity index (χ4v) is 2.73. The minimum absolute atomic E-state index is 0.165. The summed E-state index contributed by atoms with van der Waals surface area (Å²) in [7, 11) is 0. The van der Waals surface area contributed by atoms with Crippen molar-refractivity contribution in [3.8, 4) is 23.0 Å². The highest BCUT2D eigenvalue weighted by Gasteiger charge is 2.11. The summed E-state index contributed by atoms with van der Waals surface area (Å²) >= 11 is 0. The average molecular weight is 425 g/mol. The van der Waals surface area contributed by atoms with E-state index in [-0.39, 0.29) is 37.2 Å². The van der Waals surface area contributed by atoms with Crippen LogP contribution < -0.4 is 14.8 Å². The predicted octanol–water partition coefficient (Wildman–Crippen LogP) is 2.64. The summed E-state index contributed by atoms with van der Waals surface area (Å²) in [6.07, 6.45) is 0. The SMILES string of the molecule is O=C(COc1cccc(F)c1)NCCOc1ccc2nnc(-c3ccc(F)cc3)n2n1. The smallest absolute Gasteiger partial charge is 0.258 e. The van der Waals surface area contributed by atoms with E-state index in [1.807, 2.05) is 0 Å². The topological polar surface area (TPSA) is 90.6 Å². The van der Waals surface area contributed by atoms with Gasteiger partial charge < -0.3 is 14.8 Å². The lowest BCUT2D eigenvalue weighted by Gasteiger charge is -2.09. The van der Waals surface area contributed by atoms with Gasteiger partial charge in [-0.1, -0.05) is 6.07 Å². The van der Waals surface area contributed by atoms with E-state index >= 15 is 0 Å². The van der Waals surface area contributed by atoms with E-state index in [1.54, 1.807) is 30.3 Å². The van der Waals surface area contributed by atoms with Crippen LogP contribution in [0.4, 0.5) is 8.78 Å². The molecular weight excluding hydrogens is 408 g/mol. The van der Waals surface area contributed by atoms with Gasteiger partial charge in [0.05, 0.1) is 6.54 Å². The van der Waals surface area contributed by atoms with Crippen molar-refractivity contribution in [2.45, 2.75) is 0 Å². The van der Waals surface area contributed by atoms with Crippen molar-refractivity contribution >= 4 is 11.6 Å². The number of amides is 1. The van der Waals surface area contributed by atoms with Gasteiger partial charge in [-0.3, -0.25) is 4.79 Å². The molecule has 4 aromatic rings. The van der Waals surface area contributed by atoms with Crippen LogP contribution in [0.25, 0.3) is 17.0 Å². The number of nitrogens with one attached hydrogen (secondary N) is 1. The summed E-state index contributed by atoms with van der Waals surface area (Å²) in [6.45, 7) is 0.145. The lowest BCUT2D eigenvalue weighted by atomic mass is 10.2. The zero-order chi connectivity index (χ0) is 21.6. The van der Waals surface area contributed by atoms with Gasteiger partial charge >= 0.3 is 0 Å². The molecule has 2 aromatic carbocycles. The molecular formula is C21H17F2N5O3. The molecule has 0 radical (unpaired) electrons. The Morgan fingerprint density at radius 1 is 0.968 bits per heavy atom. The number of carbonyl (C=O) groups is 1. The number of nitrogens with zero attached hydrogens (tertiary/aromatic N) is 4. The van der Waals surface area contributed by atoms with Crippen LogP contribution in [0.3, 0.4) is 0 Å². The molecule has 10 heteroatoms. The lowest BCUT2D eigenvalue weighted by molar-refractivity contribution is -0.123. The zero-order valence-corrected chi connectivity index (χ0v) is 16.2. The van der Waals surface area contributed by atoms with E-state index < -0.39 is 5.82 Å². The van der Waals surface area contributed by atoms with Crippen molar-refractivity contribution in [3.05, 3.63) is 72.3 Å². The molecule has 0 saturated heterocycles. The minimum atomic E-state index is -0.438. The van der Waals surface area contributed by atoms with Crippen LogP contribution in [-0.4, -0.2) is 45.5 Å². The van der Waals surface area contributed by atoms with E-state index in [0.29, 0.717) is 22.9 Å². The Balaban J connectivity index is 1.29. The highest BCUT2D eigenvalue weighted by atomic mass is 19.1. The first-order chi connectivity index (χ1) is 15.1. The molecule has 4 rings (SSSR count). The van der Waals surface area contributed by atoms with Gasteiger partial charge in [-0.25, -0.2) is 8.78 Å². The highest BCUT2D eigenvalue weighted by molar-refractivity contribution is 5.77. The van der Waals surface area contributed by atoms with Crippen LogP contribution in [0.1, 0.15) is 0 Å². The Morgan fingerprint density at radius 2 is 1.81 bits per heavy atom. The van der Waals surface area contributed by atoms with Gasteiger partial charge in [0.25, 0.3) is 5.91 Å². The predicted molar refractivity (Wildman–Crippen MR) is 107 cm³/mol. The molecule has 0 aliphatic heterocycles. The number of rotatable bonds is 8. The Labute approximate surface area is 175 Å². The van der Waals surface area contributed by atoms with E-state index in [2.05, 4.69) is 20.6 Å². The summed E-state index contributed by atoms with van der Waals surface area (Å²) in [5.74, 6) is -0.128. The molecule has 2 heterocycles. The van der Waals surface area contributed by atoms with Gasteiger partial charge in [0, 0.05) is 17.7 Å². The average Bonchev–Trinajstić information content (AvgIpc) is 3.19. The number of carbonyl (C=O) groups excluding carboxylic acids is 1. The first kappa shape index (κ1) is 20.2. The van der Waals surface area contributed by atoms with Crippen molar-refractivity contribution < 1.29 is 23.0 Å². The molecule has 158 valence electrons. The molecule has 0 atom stereocenters. The monoisotopic (exact) mass is 425 g/mol. The molecule has 0 saturated carbocycles. The number of benzene rings is 2. The second-order valence-electron chi connectivity index (χ2n) is 6.42. The van der Waals surface area contributed by atoms with Crippen molar-refractivity contribution in [2.75, 3.05) is 19.8 Å². The van der Waals surface area contributed by atoms with Gasteiger partial charge in [0.2, 0.25) is 5.88 Å². The van der Waals surface area contributed by atoms with Crippen LogP contribution in [0.5, 0.6) is 11.6 Å². The summed E-state index contributed by atoms with van der Waals surface area (Å²) in [5, 5.41) is 15.1. The largest absolute Gasteiger partial charge is 0.484 e. The number of aromatic nitrogens is 4. The van der Waals surface area contributed by atoms with Crippen LogP contribution >= 0.6 is 0 Å². The maximum Gasteiger partial charge on any atom is 0.258 e. The number of ether oxygens (including phenoxy) is 2. The molecule has 31 heavy (non-hydrogen) atoms. The Hall–Kier alpha value is -4.08. The fourth-order valence-electron chi connectivity index (χ4n) is 2.73. The van der Waals surface area contributed by atoms with Crippen molar-refractivity contribution in [1.82, 2.24) is 25.1 Å². The standard InChI is InChI=1S/C21H17F2N5O3/c22-15-6-4-14(5-7-15)21-26-25-18-8-9-20(27-28(18)21)30-11-10-24-19(29)13-31-17-3-1-2-16(23)12-17/h1-9,12H,10-11,13H2,(H,24,29). The maximum atomic E-state index is 13.2. The summed E-state index contributed by atoms with van der Waals surface area (Å²) < 4.78 is 38.5. The maximum absolute atomic E-state index is 13.2. The van der Waals surface area contributed by atoms with Gasteiger partial charge in [-0.2, -0.15) is 4.52 Å². The fraction of sp³-hybridized carbons (Fsp3) is 0.143. The molecule has 1 N–H and O–H groups in total. The lowest BCUT2D eigenvalue weighted by Crippen LogP contribution is -2.32. The van der Waals surface area contributed by atoms with Gasteiger partial charge in [0.15, 0.2) is 18.1 Å². The van der Waals surface area contributed by atoms with Crippen LogP contribution in [0.2, 0.25) is 0 Å². The summed E-state index contributed by atoms with van der Waals surface area (Å²) in [4.78, 5) is 11.8. The third kappa shape index (κ3) is 5.10. The molecule has 0 aliphatic rings. The molecule has 0 fully saturated rings. The van der Waals surface area contributed by atoms with Crippen LogP contribution in [0.15, 0.2) is 60.7 Å². The molecule has 8 nitrogen and oxygen atoms in total. The van der Waals surface area contributed by atoms with Crippen molar-refractivity contribution in [3.63, 3.8) is 0 Å². The third-order valence-corrected chi connectivity index (χ3v) is 4.18. The minimum Gasteiger partial charge on any atom is -0.484 e. The zero-order valence-electron chi connectivity index (χ0n) is 16.2. The third-order valence-electron chi connectivity index (χ3n) is 4.18. The quantitative estimate of drug-likeness (QED) is 0.437. The Bertz CT molecular complexity index is 1200. The van der Waals surface area contributed by atoms with E-state index in [9.17, 15) is 13.6 Å². The Kier molecular flexibility index (Phi) is 5.97. The normalized spacial score (nSPS) is 10.8. The summed E-state index contributed by atoms with van der Waals surface area (Å²) in [6, 6.07) is 14.7. The van der Waals surface area contributed by atoms with Crippen molar-refractivity contribution in [2.24, 2.45) is 0 Å². The first-order valence-electron chi connectivity index (χ1n) is 9.35. The number of hydrogen-bond acceptors (Lipinski definition) is 6. The van der Waals surface area contributed by atoms with Gasteiger partial charge in [-0.15, -0.1) is 15.3 Å². The molecule has 0 bridgehead atoms. The second-order valence-corrected chi connectivity index (χ2v) is 6.42. The number of fused-ring (bicyclic) bond motifs is 1. The molecule has 0 aliphatic carbocycles. The number of hydrogen-bond donors (Lipinski definition) is 1. The first-order valence-corrected chi connectivity index (χ1v) is 9.35. The Morgan fingerprint density at radius 3 is 2.61 bits per heavy atom. The van der Waals surface area contributed by atoms with Gasteiger partial charge in [0.1, 0.15) is 24.0 Å². The van der Waals surface area contributed by atoms with Gasteiger partial charge in [-0.05, 0) is 42.5 Å². The van der Waals surface area contributed by atoms with E-state index in [0.717, 1.165) is 0 Å². The highest BCUT2D eigenvalue weighted by Crippen LogP contribution is 2.19. The molecule has 0 unspecified atom stereocenters. The molecule has 2 aromatic heterocycles. The molecule has 0 spiro atoms. The van der Waals surface area contributed by atoms with Crippen LogP contribution in [-0.2, 0) is 4.79 Å². The number of halogens is 2. The summed E-state index contributed by atoms with van der Waals surface area (Å²) in [5.41, 5.74) is 1.17. The van der Waals surface area contributed by atoms with Crippen molar-refractivity contribution in [1.29, 1.82) is 0 Å². The second kappa shape index (κ2) is 9.16. The van der Waals surface area contributed by atoms with E-state index in [1.165, 1.54) is 34.8 Å².